The van der Waals surface area contributed by atoms with Crippen molar-refractivity contribution in [1.82, 2.24) is 0 Å². The lowest BCUT2D eigenvalue weighted by Crippen LogP contribution is -2.42. The van der Waals surface area contributed by atoms with Crippen molar-refractivity contribution in [2.24, 2.45) is 0 Å². The highest BCUT2D eigenvalue weighted by molar-refractivity contribution is 5.97. The molecule has 1 heterocycles. The Morgan fingerprint density at radius 2 is 1.95 bits per heavy atom. The SMILES string of the molecule is Cc1c(F)c(F)cc2c1NC(C(F)(F)F)C(C(=O)O)=C2. The van der Waals surface area contributed by atoms with Gasteiger partial charge in [0.2, 0.25) is 0 Å². The molecule has 20 heavy (non-hydrogen) atoms. The van der Waals surface area contributed by atoms with Crippen LogP contribution in [-0.4, -0.2) is 23.3 Å². The lowest BCUT2D eigenvalue weighted by molar-refractivity contribution is -0.146. The predicted molar refractivity (Wildman–Crippen MR) is 60.2 cm³/mol. The summed E-state index contributed by atoms with van der Waals surface area (Å²) in [6.07, 6.45) is -4.18. The highest BCUT2D eigenvalue weighted by Crippen LogP contribution is 2.38. The number of benzene rings is 1. The third-order valence-electron chi connectivity index (χ3n) is 2.97. The van der Waals surface area contributed by atoms with E-state index >= 15 is 0 Å². The molecule has 3 nitrogen and oxygen atoms in total. The van der Waals surface area contributed by atoms with Gasteiger partial charge in [0.15, 0.2) is 17.7 Å². The van der Waals surface area contributed by atoms with Gasteiger partial charge in [-0.15, -0.1) is 0 Å². The molecule has 8 heteroatoms. The number of nitrogens with one attached hydrogen (secondary N) is 1. The molecule has 1 aliphatic rings. The molecule has 0 aliphatic carbocycles. The number of hydrogen-bond acceptors (Lipinski definition) is 2. The standard InChI is InChI=1S/C12H8F5NO2/c1-4-8(14)7(13)3-5-2-6(11(19)20)10(12(15,16)17)18-9(4)5/h2-3,10,18H,1H3,(H,19,20). The molecule has 0 radical (unpaired) electrons. The summed E-state index contributed by atoms with van der Waals surface area (Å²) in [7, 11) is 0. The zero-order valence-electron chi connectivity index (χ0n) is 9.98. The van der Waals surface area contributed by atoms with Crippen LogP contribution in [0.3, 0.4) is 0 Å². The number of fused-ring (bicyclic) bond motifs is 1. The fraction of sp³-hybridized carbons (Fsp3) is 0.250. The molecule has 1 unspecified atom stereocenters. The molecular weight excluding hydrogens is 285 g/mol. The van der Waals surface area contributed by atoms with Crippen molar-refractivity contribution in [2.75, 3.05) is 5.32 Å². The number of carboxylic acids is 1. The van der Waals surface area contributed by atoms with Crippen LogP contribution < -0.4 is 5.32 Å². The van der Waals surface area contributed by atoms with Crippen LogP contribution >= 0.6 is 0 Å². The highest BCUT2D eigenvalue weighted by Gasteiger charge is 2.46. The molecule has 0 saturated carbocycles. The first-order valence-electron chi connectivity index (χ1n) is 5.39. The van der Waals surface area contributed by atoms with E-state index in [1.165, 1.54) is 0 Å². The van der Waals surface area contributed by atoms with Gasteiger partial charge in [-0.05, 0) is 19.1 Å². The molecule has 1 atom stereocenters. The first kappa shape index (κ1) is 14.3. The second kappa shape index (κ2) is 4.46. The van der Waals surface area contributed by atoms with Crippen LogP contribution in [0.15, 0.2) is 11.6 Å². The van der Waals surface area contributed by atoms with Gasteiger partial charge in [-0.1, -0.05) is 0 Å². The van der Waals surface area contributed by atoms with E-state index in [9.17, 15) is 26.7 Å². The molecule has 0 aromatic heterocycles. The molecule has 2 N–H and O–H groups in total. The normalized spacial score (nSPS) is 18.1. The maximum atomic E-state index is 13.4. The predicted octanol–water partition coefficient (Wildman–Crippen LogP) is 3.10. The summed E-state index contributed by atoms with van der Waals surface area (Å²) in [5, 5.41) is 10.7. The monoisotopic (exact) mass is 293 g/mol. The Balaban J connectivity index is 2.66. The summed E-state index contributed by atoms with van der Waals surface area (Å²) in [4.78, 5) is 10.9. The van der Waals surface area contributed by atoms with Crippen molar-refractivity contribution >= 4 is 17.7 Å². The lowest BCUT2D eigenvalue weighted by Gasteiger charge is -2.29. The fourth-order valence-electron chi connectivity index (χ4n) is 2.00. The van der Waals surface area contributed by atoms with Gasteiger partial charge < -0.3 is 10.4 Å². The van der Waals surface area contributed by atoms with Crippen LogP contribution in [0.4, 0.5) is 27.6 Å². The third-order valence-corrected chi connectivity index (χ3v) is 2.97. The van der Waals surface area contributed by atoms with E-state index < -0.39 is 35.4 Å². The van der Waals surface area contributed by atoms with Gasteiger partial charge in [0, 0.05) is 16.8 Å². The summed E-state index contributed by atoms with van der Waals surface area (Å²) in [5.41, 5.74) is -1.72. The third kappa shape index (κ3) is 2.21. The molecule has 1 aliphatic heterocycles. The average Bonchev–Trinajstić information content (AvgIpc) is 2.33. The van der Waals surface area contributed by atoms with Crippen molar-refractivity contribution in [3.63, 3.8) is 0 Å². The van der Waals surface area contributed by atoms with Gasteiger partial charge in [-0.2, -0.15) is 13.2 Å². The Morgan fingerprint density at radius 1 is 1.35 bits per heavy atom. The Kier molecular flexibility index (Phi) is 3.19. The number of carbonyl (C=O) groups is 1. The minimum absolute atomic E-state index is 0.140. The molecule has 0 spiro atoms. The number of aliphatic carboxylic acids is 1. The van der Waals surface area contributed by atoms with Crippen LogP contribution in [-0.2, 0) is 4.79 Å². The topological polar surface area (TPSA) is 49.3 Å². The van der Waals surface area contributed by atoms with E-state index in [4.69, 9.17) is 5.11 Å². The van der Waals surface area contributed by atoms with Gasteiger partial charge in [-0.3, -0.25) is 0 Å². The van der Waals surface area contributed by atoms with E-state index in [0.29, 0.717) is 12.1 Å². The highest BCUT2D eigenvalue weighted by atomic mass is 19.4. The summed E-state index contributed by atoms with van der Waals surface area (Å²) >= 11 is 0. The minimum Gasteiger partial charge on any atom is -0.478 e. The molecule has 2 rings (SSSR count). The summed E-state index contributed by atoms with van der Waals surface area (Å²) in [6.45, 7) is 1.11. The Hall–Kier alpha value is -2.12. The van der Waals surface area contributed by atoms with Crippen molar-refractivity contribution in [2.45, 2.75) is 19.1 Å². The zero-order chi connectivity index (χ0) is 15.2. The van der Waals surface area contributed by atoms with Gasteiger partial charge in [0.25, 0.3) is 0 Å². The van der Waals surface area contributed by atoms with Crippen LogP contribution in [0, 0.1) is 18.6 Å². The van der Waals surface area contributed by atoms with Crippen molar-refractivity contribution in [1.29, 1.82) is 0 Å². The number of rotatable bonds is 1. The molecule has 0 saturated heterocycles. The Morgan fingerprint density at radius 3 is 2.45 bits per heavy atom. The second-order valence-corrected chi connectivity index (χ2v) is 4.29. The van der Waals surface area contributed by atoms with Crippen LogP contribution in [0.25, 0.3) is 6.08 Å². The number of halogens is 5. The maximum absolute atomic E-state index is 13.4. The largest absolute Gasteiger partial charge is 0.478 e. The van der Waals surface area contributed by atoms with Gasteiger partial charge in [-0.25, -0.2) is 13.6 Å². The molecular formula is C12H8F5NO2. The summed E-state index contributed by atoms with van der Waals surface area (Å²) in [6, 6.07) is -1.82. The fourth-order valence-corrected chi connectivity index (χ4v) is 2.00. The number of hydrogen-bond donors (Lipinski definition) is 2. The van der Waals surface area contributed by atoms with Crippen molar-refractivity contribution < 1.29 is 31.9 Å². The van der Waals surface area contributed by atoms with E-state index in [-0.39, 0.29) is 16.8 Å². The molecule has 108 valence electrons. The smallest absolute Gasteiger partial charge is 0.413 e. The maximum Gasteiger partial charge on any atom is 0.413 e. The van der Waals surface area contributed by atoms with E-state index in [1.54, 1.807) is 0 Å². The minimum atomic E-state index is -4.88. The molecule has 1 aromatic carbocycles. The van der Waals surface area contributed by atoms with Crippen LogP contribution in [0.2, 0.25) is 0 Å². The quantitative estimate of drug-likeness (QED) is 0.782. The number of alkyl halides is 3. The molecule has 0 amide bonds. The second-order valence-electron chi connectivity index (χ2n) is 4.29. The van der Waals surface area contributed by atoms with Gasteiger partial charge in [0.05, 0.1) is 5.57 Å². The number of carboxylic acid groups (broad SMARTS) is 1. The van der Waals surface area contributed by atoms with Crippen LogP contribution in [0.5, 0.6) is 0 Å². The number of anilines is 1. The first-order chi connectivity index (χ1) is 9.12. The van der Waals surface area contributed by atoms with E-state index in [2.05, 4.69) is 0 Å². The van der Waals surface area contributed by atoms with E-state index in [0.717, 1.165) is 6.92 Å². The van der Waals surface area contributed by atoms with Crippen molar-refractivity contribution in [3.8, 4) is 0 Å². The Labute approximate surface area is 109 Å². The summed E-state index contributed by atoms with van der Waals surface area (Å²) < 4.78 is 65.1. The van der Waals surface area contributed by atoms with Gasteiger partial charge in [0.1, 0.15) is 0 Å². The van der Waals surface area contributed by atoms with Gasteiger partial charge >= 0.3 is 12.1 Å². The van der Waals surface area contributed by atoms with Crippen molar-refractivity contribution in [3.05, 3.63) is 34.4 Å². The zero-order valence-corrected chi connectivity index (χ0v) is 9.98. The molecule has 1 aromatic rings. The average molecular weight is 293 g/mol. The summed E-state index contributed by atoms with van der Waals surface area (Å²) in [5.74, 6) is -4.31. The molecule has 0 fully saturated rings. The van der Waals surface area contributed by atoms with Crippen LogP contribution in [0.1, 0.15) is 11.1 Å². The molecule has 0 bridgehead atoms. The first-order valence-corrected chi connectivity index (χ1v) is 5.39. The Bertz CT molecular complexity index is 621. The van der Waals surface area contributed by atoms with E-state index in [1.807, 2.05) is 5.32 Å². The lowest BCUT2D eigenvalue weighted by atomic mass is 9.94.